The van der Waals surface area contributed by atoms with Crippen LogP contribution in [0.3, 0.4) is 0 Å². The van der Waals surface area contributed by atoms with E-state index in [1.165, 1.54) is 16.7 Å². The van der Waals surface area contributed by atoms with E-state index in [-0.39, 0.29) is 29.6 Å². The van der Waals surface area contributed by atoms with Gasteiger partial charge >= 0.3 is 5.51 Å². The van der Waals surface area contributed by atoms with E-state index in [0.717, 1.165) is 0 Å². The molecular weight excluding hydrogens is 316 g/mol. The number of halogens is 5. The quantitative estimate of drug-likeness (QED) is 0.597. The highest BCUT2D eigenvalue weighted by Gasteiger charge is 2.28. The third-order valence-corrected chi connectivity index (χ3v) is 3.60. The van der Waals surface area contributed by atoms with Gasteiger partial charge in [-0.2, -0.15) is 13.2 Å². The van der Waals surface area contributed by atoms with Gasteiger partial charge in [-0.15, -0.1) is 11.6 Å². The molecule has 0 saturated heterocycles. The fourth-order valence-corrected chi connectivity index (χ4v) is 2.59. The maximum atomic E-state index is 13.7. The summed E-state index contributed by atoms with van der Waals surface area (Å²) in [5, 5.41) is -0.516. The summed E-state index contributed by atoms with van der Waals surface area (Å²) in [6, 6.07) is 4.37. The van der Waals surface area contributed by atoms with Crippen LogP contribution in [0.5, 0.6) is 0 Å². The van der Waals surface area contributed by atoms with Crippen LogP contribution in [0.2, 0.25) is 0 Å². The molecule has 0 bridgehead atoms. The smallest absolute Gasteiger partial charge is 0.326 e. The predicted octanol–water partition coefficient (Wildman–Crippen LogP) is 4.73. The second kappa shape index (κ2) is 5.81. The molecule has 0 amide bonds. The van der Waals surface area contributed by atoms with Crippen molar-refractivity contribution in [3.63, 3.8) is 0 Å². The molecule has 8 heteroatoms. The Hall–Kier alpha value is -0.950. The normalized spacial score (nSPS) is 13.9. The standard InChI is InChI=1S/C12H11ClF4N2S/c1-7(13)11-18-10-8(14)3-2-4-9(10)19(11)5-6-20-12(15,16)17/h2-4,7H,5-6H2,1H3. The molecule has 0 aliphatic heterocycles. The molecule has 2 aromatic rings. The first kappa shape index (κ1) is 15.4. The van der Waals surface area contributed by atoms with Gasteiger partial charge in [-0.1, -0.05) is 6.07 Å². The summed E-state index contributed by atoms with van der Waals surface area (Å²) in [6.07, 6.45) is 0. The number of hydrogen-bond donors (Lipinski definition) is 0. The van der Waals surface area contributed by atoms with Gasteiger partial charge in [-0.05, 0) is 30.8 Å². The second-order valence-electron chi connectivity index (χ2n) is 4.14. The summed E-state index contributed by atoms with van der Waals surface area (Å²) in [6.45, 7) is 1.71. The Labute approximate surface area is 122 Å². The second-order valence-corrected chi connectivity index (χ2v) is 5.95. The zero-order valence-corrected chi connectivity index (χ0v) is 12.0. The zero-order chi connectivity index (χ0) is 14.9. The van der Waals surface area contributed by atoms with Crippen LogP contribution in [0.15, 0.2) is 18.2 Å². The van der Waals surface area contributed by atoms with E-state index in [0.29, 0.717) is 11.3 Å². The Balaban J connectivity index is 2.34. The van der Waals surface area contributed by atoms with Crippen LogP contribution in [0.4, 0.5) is 17.6 Å². The molecule has 110 valence electrons. The SMILES string of the molecule is CC(Cl)c1nc2c(F)cccc2n1CCSC(F)(F)F. The molecule has 0 spiro atoms. The lowest BCUT2D eigenvalue weighted by atomic mass is 10.3. The van der Waals surface area contributed by atoms with E-state index in [1.807, 2.05) is 0 Å². The summed E-state index contributed by atoms with van der Waals surface area (Å²) in [5.74, 6) is -0.319. The van der Waals surface area contributed by atoms with E-state index < -0.39 is 16.7 Å². The lowest BCUT2D eigenvalue weighted by molar-refractivity contribution is -0.0328. The van der Waals surface area contributed by atoms with Gasteiger partial charge in [-0.3, -0.25) is 0 Å². The minimum Gasteiger partial charge on any atom is -0.326 e. The minimum atomic E-state index is -4.28. The van der Waals surface area contributed by atoms with Crippen LogP contribution in [0.1, 0.15) is 18.1 Å². The molecule has 1 atom stereocenters. The Bertz CT molecular complexity index is 609. The van der Waals surface area contributed by atoms with Gasteiger partial charge in [0.25, 0.3) is 0 Å². The Kier molecular flexibility index (Phi) is 4.49. The minimum absolute atomic E-state index is 0.0660. The number of alkyl halides is 4. The van der Waals surface area contributed by atoms with Crippen molar-refractivity contribution in [1.82, 2.24) is 9.55 Å². The Morgan fingerprint density at radius 1 is 1.40 bits per heavy atom. The molecular formula is C12H11ClF4N2S. The number of aryl methyl sites for hydroxylation is 1. The summed E-state index contributed by atoms with van der Waals surface area (Å²) in [5.41, 5.74) is -3.70. The number of thioether (sulfide) groups is 1. The topological polar surface area (TPSA) is 17.8 Å². The van der Waals surface area contributed by atoms with Crippen LogP contribution >= 0.6 is 23.4 Å². The first-order valence-electron chi connectivity index (χ1n) is 5.79. The van der Waals surface area contributed by atoms with Crippen molar-refractivity contribution in [3.8, 4) is 0 Å². The summed E-state index contributed by atoms with van der Waals surface area (Å²) < 4.78 is 51.7. The van der Waals surface area contributed by atoms with Gasteiger partial charge in [0, 0.05) is 12.3 Å². The van der Waals surface area contributed by atoms with E-state index in [1.54, 1.807) is 13.0 Å². The summed E-state index contributed by atoms with van der Waals surface area (Å²) >= 11 is 5.85. The van der Waals surface area contributed by atoms with Crippen molar-refractivity contribution < 1.29 is 17.6 Å². The van der Waals surface area contributed by atoms with Crippen LogP contribution in [-0.2, 0) is 6.54 Å². The van der Waals surface area contributed by atoms with E-state index in [4.69, 9.17) is 11.6 Å². The van der Waals surface area contributed by atoms with Crippen LogP contribution < -0.4 is 0 Å². The molecule has 0 radical (unpaired) electrons. The van der Waals surface area contributed by atoms with Gasteiger partial charge in [0.1, 0.15) is 11.3 Å². The molecule has 1 unspecified atom stereocenters. The van der Waals surface area contributed by atoms with Gasteiger partial charge < -0.3 is 4.57 Å². The third-order valence-electron chi connectivity index (χ3n) is 2.70. The first-order chi connectivity index (χ1) is 9.29. The molecule has 1 heterocycles. The number of aromatic nitrogens is 2. The van der Waals surface area contributed by atoms with Crippen molar-refractivity contribution in [2.24, 2.45) is 0 Å². The molecule has 0 saturated carbocycles. The fourth-order valence-electron chi connectivity index (χ4n) is 1.92. The fraction of sp³-hybridized carbons (Fsp3) is 0.417. The lowest BCUT2D eigenvalue weighted by Crippen LogP contribution is -2.10. The molecule has 2 rings (SSSR count). The monoisotopic (exact) mass is 326 g/mol. The number of nitrogens with zero attached hydrogens (tertiary/aromatic N) is 2. The van der Waals surface area contributed by atoms with Crippen molar-refractivity contribution in [1.29, 1.82) is 0 Å². The number of rotatable bonds is 4. The third kappa shape index (κ3) is 3.38. The maximum absolute atomic E-state index is 13.7. The van der Waals surface area contributed by atoms with E-state index in [9.17, 15) is 17.6 Å². The molecule has 1 aromatic heterocycles. The van der Waals surface area contributed by atoms with E-state index in [2.05, 4.69) is 4.98 Å². The average molecular weight is 327 g/mol. The molecule has 1 aromatic carbocycles. The highest BCUT2D eigenvalue weighted by atomic mass is 35.5. The van der Waals surface area contributed by atoms with Gasteiger partial charge in [-0.25, -0.2) is 9.37 Å². The molecule has 0 aliphatic rings. The predicted molar refractivity (Wildman–Crippen MR) is 72.5 cm³/mol. The highest BCUT2D eigenvalue weighted by molar-refractivity contribution is 8.00. The number of fused-ring (bicyclic) bond motifs is 1. The van der Waals surface area contributed by atoms with Crippen LogP contribution in [0.25, 0.3) is 11.0 Å². The number of imidazole rings is 1. The summed E-state index contributed by atoms with van der Waals surface area (Å²) in [4.78, 5) is 4.09. The highest BCUT2D eigenvalue weighted by Crippen LogP contribution is 2.31. The zero-order valence-electron chi connectivity index (χ0n) is 10.4. The van der Waals surface area contributed by atoms with Gasteiger partial charge in [0.2, 0.25) is 0 Å². The average Bonchev–Trinajstić information content (AvgIpc) is 2.68. The Morgan fingerprint density at radius 2 is 2.10 bits per heavy atom. The van der Waals surface area contributed by atoms with Crippen LogP contribution in [0, 0.1) is 5.82 Å². The van der Waals surface area contributed by atoms with Gasteiger partial charge in [0.15, 0.2) is 5.82 Å². The lowest BCUT2D eigenvalue weighted by Gasteiger charge is -2.11. The largest absolute Gasteiger partial charge is 0.441 e. The molecule has 2 nitrogen and oxygen atoms in total. The van der Waals surface area contributed by atoms with E-state index >= 15 is 0 Å². The van der Waals surface area contributed by atoms with Crippen molar-refractivity contribution in [2.75, 3.05) is 5.75 Å². The number of hydrogen-bond acceptors (Lipinski definition) is 2. The molecule has 0 N–H and O–H groups in total. The number of benzene rings is 1. The molecule has 0 aliphatic carbocycles. The molecule has 20 heavy (non-hydrogen) atoms. The van der Waals surface area contributed by atoms with Crippen molar-refractivity contribution >= 4 is 34.4 Å². The Morgan fingerprint density at radius 3 is 2.70 bits per heavy atom. The first-order valence-corrected chi connectivity index (χ1v) is 7.21. The molecule has 0 fully saturated rings. The van der Waals surface area contributed by atoms with Crippen molar-refractivity contribution in [2.45, 2.75) is 24.4 Å². The summed E-state index contributed by atoms with van der Waals surface area (Å²) in [7, 11) is 0. The number of para-hydroxylation sites is 1. The van der Waals surface area contributed by atoms with Crippen molar-refractivity contribution in [3.05, 3.63) is 29.8 Å². The van der Waals surface area contributed by atoms with Crippen LogP contribution in [-0.4, -0.2) is 20.8 Å². The van der Waals surface area contributed by atoms with Gasteiger partial charge in [0.05, 0.1) is 10.9 Å². The maximum Gasteiger partial charge on any atom is 0.441 e.